The van der Waals surface area contributed by atoms with Gasteiger partial charge < -0.3 is 10.6 Å². The second-order valence-corrected chi connectivity index (χ2v) is 9.35. The topological polar surface area (TPSA) is 82.0 Å². The van der Waals surface area contributed by atoms with Crippen LogP contribution in [0.4, 0.5) is 5.69 Å². The molecule has 0 bridgehead atoms. The Morgan fingerprint density at radius 1 is 1.09 bits per heavy atom. The van der Waals surface area contributed by atoms with Crippen LogP contribution in [-0.4, -0.2) is 11.8 Å². The molecule has 1 fully saturated rings. The average molecular weight is 464 g/mol. The van der Waals surface area contributed by atoms with Gasteiger partial charge in [-0.05, 0) is 59.7 Å². The molecule has 1 saturated heterocycles. The molecular weight excluding hydrogens is 445 g/mol. The minimum atomic E-state index is -1.08. The molecule has 2 aromatic rings. The predicted molar refractivity (Wildman–Crippen MR) is 123 cm³/mol. The Balaban J connectivity index is 1.76. The molecule has 7 heteroatoms. The summed E-state index contributed by atoms with van der Waals surface area (Å²) in [6.07, 6.45) is 6.49. The van der Waals surface area contributed by atoms with Crippen LogP contribution in [0.15, 0.2) is 65.7 Å². The third kappa shape index (κ3) is 3.14. The molecule has 5 rings (SSSR count). The van der Waals surface area contributed by atoms with Crippen LogP contribution in [0.5, 0.6) is 0 Å². The van der Waals surface area contributed by atoms with Crippen LogP contribution in [0.25, 0.3) is 0 Å². The van der Waals surface area contributed by atoms with Gasteiger partial charge in [-0.2, -0.15) is 5.26 Å². The molecule has 160 valence electrons. The first kappa shape index (κ1) is 20.8. The van der Waals surface area contributed by atoms with Crippen molar-refractivity contribution in [2.75, 3.05) is 5.32 Å². The number of nitrogens with one attached hydrogen (secondary N) is 2. The van der Waals surface area contributed by atoms with Gasteiger partial charge in [-0.3, -0.25) is 9.59 Å². The molecule has 0 radical (unpaired) electrons. The average Bonchev–Trinajstić information content (AvgIpc) is 3.06. The number of amides is 2. The Hall–Kier alpha value is -3.07. The van der Waals surface area contributed by atoms with Gasteiger partial charge in [-0.15, -0.1) is 0 Å². The smallest absolute Gasteiger partial charge is 0.237 e. The SMILES string of the molecule is N#Cc1cccc([C@@H]2NC(=O)C[C@@H](C3C=CC=C(Cl)C3)[C@]23C(=O)Nc2cc(Cl)ccc23)c1. The zero-order valence-electron chi connectivity index (χ0n) is 16.9. The summed E-state index contributed by atoms with van der Waals surface area (Å²) in [6, 6.07) is 13.9. The third-order valence-electron chi connectivity index (χ3n) is 6.73. The molecule has 5 nitrogen and oxygen atoms in total. The Labute approximate surface area is 195 Å². The fourth-order valence-electron chi connectivity index (χ4n) is 5.46. The van der Waals surface area contributed by atoms with Crippen LogP contribution >= 0.6 is 23.2 Å². The third-order valence-corrected chi connectivity index (χ3v) is 7.25. The molecule has 32 heavy (non-hydrogen) atoms. The standard InChI is InChI=1S/C25H19Cl2N3O2/c26-17-6-2-4-15(10-17)20-12-22(31)30-23(16-5-1-3-14(9-16)13-28)25(20)19-8-7-18(27)11-21(19)29-24(25)32/h1-9,11,15,20,23H,10,12H2,(H,29,32)(H,30,31)/t15?,20-,23-,25-/m0/s1. The first-order valence-electron chi connectivity index (χ1n) is 10.4. The summed E-state index contributed by atoms with van der Waals surface area (Å²) in [7, 11) is 0. The first-order chi connectivity index (χ1) is 15.4. The Kier molecular flexibility index (Phi) is 5.08. The molecule has 2 aliphatic heterocycles. The lowest BCUT2D eigenvalue weighted by molar-refractivity contribution is -0.135. The van der Waals surface area contributed by atoms with Crippen LogP contribution in [-0.2, 0) is 15.0 Å². The first-order valence-corrected chi connectivity index (χ1v) is 11.1. The maximum atomic E-state index is 13.9. The van der Waals surface area contributed by atoms with Gasteiger partial charge in [0.1, 0.15) is 5.41 Å². The molecule has 1 unspecified atom stereocenters. The van der Waals surface area contributed by atoms with Crippen molar-refractivity contribution >= 4 is 40.7 Å². The number of allylic oxidation sites excluding steroid dienone is 4. The van der Waals surface area contributed by atoms with E-state index in [0.717, 1.165) is 5.56 Å². The van der Waals surface area contributed by atoms with Gasteiger partial charge in [0.2, 0.25) is 11.8 Å². The molecule has 2 amide bonds. The summed E-state index contributed by atoms with van der Waals surface area (Å²) < 4.78 is 0. The number of benzene rings is 2. The largest absolute Gasteiger partial charge is 0.348 e. The summed E-state index contributed by atoms with van der Waals surface area (Å²) in [5, 5.41) is 16.7. The summed E-state index contributed by atoms with van der Waals surface area (Å²) in [6.45, 7) is 0. The van der Waals surface area contributed by atoms with E-state index in [2.05, 4.69) is 16.7 Å². The number of fused-ring (bicyclic) bond motifs is 2. The van der Waals surface area contributed by atoms with Gasteiger partial charge in [-0.25, -0.2) is 0 Å². The molecule has 2 heterocycles. The minimum absolute atomic E-state index is 0.104. The van der Waals surface area contributed by atoms with Gasteiger partial charge in [0.05, 0.1) is 17.7 Å². The molecule has 0 saturated carbocycles. The Morgan fingerprint density at radius 2 is 1.94 bits per heavy atom. The number of halogens is 2. The highest BCUT2D eigenvalue weighted by atomic mass is 35.5. The van der Waals surface area contributed by atoms with Crippen molar-refractivity contribution in [3.63, 3.8) is 0 Å². The lowest BCUT2D eigenvalue weighted by atomic mass is 9.57. The number of nitrogens with zero attached hydrogens (tertiary/aromatic N) is 1. The molecule has 2 N–H and O–H groups in total. The highest BCUT2D eigenvalue weighted by Gasteiger charge is 2.62. The van der Waals surface area contributed by atoms with Crippen molar-refractivity contribution in [3.8, 4) is 6.07 Å². The zero-order chi connectivity index (χ0) is 22.5. The van der Waals surface area contributed by atoms with Crippen LogP contribution in [0.1, 0.15) is 35.6 Å². The van der Waals surface area contributed by atoms with Crippen molar-refractivity contribution < 1.29 is 9.59 Å². The van der Waals surface area contributed by atoms with E-state index in [0.29, 0.717) is 33.3 Å². The molecule has 1 spiro atoms. The number of rotatable bonds is 2. The van der Waals surface area contributed by atoms with Crippen molar-refractivity contribution in [1.82, 2.24) is 5.32 Å². The highest BCUT2D eigenvalue weighted by Crippen LogP contribution is 2.57. The number of piperidine rings is 1. The normalized spacial score (nSPS) is 28.5. The molecule has 2 aromatic carbocycles. The summed E-state index contributed by atoms with van der Waals surface area (Å²) in [4.78, 5) is 26.8. The van der Waals surface area contributed by atoms with Crippen molar-refractivity contribution in [2.24, 2.45) is 11.8 Å². The number of anilines is 1. The number of nitriles is 1. The van der Waals surface area contributed by atoms with Crippen molar-refractivity contribution in [3.05, 3.63) is 87.4 Å². The Morgan fingerprint density at radius 3 is 2.72 bits per heavy atom. The molecule has 4 atom stereocenters. The monoisotopic (exact) mass is 463 g/mol. The maximum absolute atomic E-state index is 13.9. The van der Waals surface area contributed by atoms with E-state index in [4.69, 9.17) is 23.2 Å². The molecule has 0 aromatic heterocycles. The van der Waals surface area contributed by atoms with E-state index in [9.17, 15) is 14.9 Å². The van der Waals surface area contributed by atoms with Crippen LogP contribution in [0.3, 0.4) is 0 Å². The molecular formula is C25H19Cl2N3O2. The second-order valence-electron chi connectivity index (χ2n) is 8.43. The highest BCUT2D eigenvalue weighted by molar-refractivity contribution is 6.31. The summed E-state index contributed by atoms with van der Waals surface area (Å²) in [5.41, 5.74) is 1.54. The zero-order valence-corrected chi connectivity index (χ0v) is 18.5. The summed E-state index contributed by atoms with van der Waals surface area (Å²) >= 11 is 12.6. The second kappa shape index (κ2) is 7.81. The summed E-state index contributed by atoms with van der Waals surface area (Å²) in [5.74, 6) is -0.769. The number of carbonyl (C=O) groups is 2. The Bertz CT molecular complexity index is 1250. The van der Waals surface area contributed by atoms with E-state index in [-0.39, 0.29) is 30.1 Å². The molecule has 3 aliphatic rings. The van der Waals surface area contributed by atoms with Gasteiger partial charge in [0.15, 0.2) is 0 Å². The van der Waals surface area contributed by atoms with Crippen molar-refractivity contribution in [1.29, 1.82) is 5.26 Å². The number of carbonyl (C=O) groups excluding carboxylic acids is 2. The van der Waals surface area contributed by atoms with E-state index in [1.165, 1.54) is 0 Å². The quantitative estimate of drug-likeness (QED) is 0.658. The molecule has 1 aliphatic carbocycles. The fraction of sp³-hybridized carbons (Fsp3) is 0.240. The van der Waals surface area contributed by atoms with Crippen LogP contribution < -0.4 is 10.6 Å². The van der Waals surface area contributed by atoms with E-state index in [1.807, 2.05) is 30.4 Å². The van der Waals surface area contributed by atoms with Gasteiger partial charge in [0, 0.05) is 22.2 Å². The van der Waals surface area contributed by atoms with Crippen molar-refractivity contribution in [2.45, 2.75) is 24.3 Å². The van der Waals surface area contributed by atoms with Gasteiger partial charge in [0.25, 0.3) is 0 Å². The van der Waals surface area contributed by atoms with Gasteiger partial charge >= 0.3 is 0 Å². The van der Waals surface area contributed by atoms with Gasteiger partial charge in [-0.1, -0.05) is 53.6 Å². The lowest BCUT2D eigenvalue weighted by Gasteiger charge is -2.48. The predicted octanol–water partition coefficient (Wildman–Crippen LogP) is 4.98. The van der Waals surface area contributed by atoms with E-state index in [1.54, 1.807) is 30.3 Å². The van der Waals surface area contributed by atoms with Crippen LogP contribution in [0.2, 0.25) is 5.02 Å². The minimum Gasteiger partial charge on any atom is -0.348 e. The number of hydrogen-bond acceptors (Lipinski definition) is 3. The van der Waals surface area contributed by atoms with E-state index < -0.39 is 11.5 Å². The van der Waals surface area contributed by atoms with Crippen LogP contribution in [0, 0.1) is 23.2 Å². The van der Waals surface area contributed by atoms with E-state index >= 15 is 0 Å². The lowest BCUT2D eigenvalue weighted by Crippen LogP contribution is -2.59. The maximum Gasteiger partial charge on any atom is 0.237 e. The fourth-order valence-corrected chi connectivity index (χ4v) is 5.88. The number of hydrogen-bond donors (Lipinski definition) is 2.